The maximum Gasteiger partial charge on any atom is 0.147 e. The van der Waals surface area contributed by atoms with Crippen LogP contribution in [-0.4, -0.2) is 15.0 Å². The Labute approximate surface area is 119 Å². The summed E-state index contributed by atoms with van der Waals surface area (Å²) < 4.78 is 0.844. The first-order valence-electron chi connectivity index (χ1n) is 5.86. The van der Waals surface area contributed by atoms with E-state index in [1.54, 1.807) is 6.20 Å². The largest absolute Gasteiger partial charge is 0.261 e. The molecule has 0 unspecified atom stereocenters. The van der Waals surface area contributed by atoms with Gasteiger partial charge in [0.1, 0.15) is 11.0 Å². The molecule has 0 atom stereocenters. The van der Waals surface area contributed by atoms with Gasteiger partial charge < -0.3 is 0 Å². The average Bonchev–Trinajstić information content (AvgIpc) is 3.19. The number of hydrogen-bond acceptors (Lipinski definition) is 3. The van der Waals surface area contributed by atoms with Gasteiger partial charge in [-0.3, -0.25) is 4.98 Å². The highest BCUT2D eigenvalue weighted by molar-refractivity contribution is 9.10. The minimum absolute atomic E-state index is 0.498. The second kappa shape index (κ2) is 4.94. The lowest BCUT2D eigenvalue weighted by Crippen LogP contribution is -2.03. The molecule has 0 radical (unpaired) electrons. The molecule has 1 saturated carbocycles. The Hall–Kier alpha value is -1.00. The molecule has 2 heterocycles. The summed E-state index contributed by atoms with van der Waals surface area (Å²) in [5.74, 6) is 1.28. The number of hydrogen-bond donors (Lipinski definition) is 0. The molecule has 5 heteroatoms. The quantitative estimate of drug-likeness (QED) is 0.807. The summed E-state index contributed by atoms with van der Waals surface area (Å²) in [6, 6.07) is 5.83. The molecule has 0 saturated heterocycles. The Kier molecular flexibility index (Phi) is 3.31. The van der Waals surface area contributed by atoms with E-state index in [1.807, 2.05) is 18.2 Å². The topological polar surface area (TPSA) is 38.7 Å². The zero-order valence-corrected chi connectivity index (χ0v) is 11.9. The summed E-state index contributed by atoms with van der Waals surface area (Å²) in [5, 5.41) is 0.498. The smallest absolute Gasteiger partial charge is 0.147 e. The summed E-state index contributed by atoms with van der Waals surface area (Å²) in [6.45, 7) is 0. The number of nitrogens with zero attached hydrogens (tertiary/aromatic N) is 3. The van der Waals surface area contributed by atoms with E-state index < -0.39 is 0 Å². The van der Waals surface area contributed by atoms with Gasteiger partial charge in [0.05, 0.1) is 16.6 Å². The Morgan fingerprint density at radius 2 is 2.11 bits per heavy atom. The van der Waals surface area contributed by atoms with Crippen LogP contribution < -0.4 is 0 Å². The van der Waals surface area contributed by atoms with Crippen molar-refractivity contribution >= 4 is 27.5 Å². The zero-order chi connectivity index (χ0) is 12.5. The second-order valence-electron chi connectivity index (χ2n) is 4.40. The molecule has 3 rings (SSSR count). The predicted octanol–water partition coefficient (Wildman–Crippen LogP) is 3.76. The van der Waals surface area contributed by atoms with Crippen LogP contribution in [0.1, 0.15) is 36.0 Å². The van der Waals surface area contributed by atoms with E-state index in [1.165, 1.54) is 12.8 Å². The summed E-state index contributed by atoms with van der Waals surface area (Å²) >= 11 is 9.61. The SMILES string of the molecule is Clc1nc(Cc2ccccn2)nc(C2CC2)c1Br. The van der Waals surface area contributed by atoms with Crippen molar-refractivity contribution in [2.75, 3.05) is 0 Å². The van der Waals surface area contributed by atoms with Crippen molar-refractivity contribution in [1.82, 2.24) is 15.0 Å². The van der Waals surface area contributed by atoms with Crippen molar-refractivity contribution < 1.29 is 0 Å². The molecular weight excluding hydrogens is 314 g/mol. The Bertz CT molecular complexity index is 570. The molecule has 0 bridgehead atoms. The fourth-order valence-corrected chi connectivity index (χ4v) is 2.55. The molecule has 2 aromatic heterocycles. The molecule has 3 nitrogen and oxygen atoms in total. The number of rotatable bonds is 3. The van der Waals surface area contributed by atoms with E-state index in [0.717, 1.165) is 21.7 Å². The molecule has 0 aromatic carbocycles. The van der Waals surface area contributed by atoms with Gasteiger partial charge in [0.25, 0.3) is 0 Å². The first kappa shape index (κ1) is 12.1. The van der Waals surface area contributed by atoms with Gasteiger partial charge >= 0.3 is 0 Å². The number of pyridine rings is 1. The third kappa shape index (κ3) is 2.54. The van der Waals surface area contributed by atoms with Crippen LogP contribution in [0.5, 0.6) is 0 Å². The highest BCUT2D eigenvalue weighted by Gasteiger charge is 2.29. The van der Waals surface area contributed by atoms with E-state index in [2.05, 4.69) is 30.9 Å². The van der Waals surface area contributed by atoms with E-state index in [4.69, 9.17) is 11.6 Å². The van der Waals surface area contributed by atoms with Gasteiger partial charge in [-0.05, 0) is 40.9 Å². The highest BCUT2D eigenvalue weighted by Crippen LogP contribution is 2.43. The van der Waals surface area contributed by atoms with Crippen LogP contribution in [0.3, 0.4) is 0 Å². The average molecular weight is 325 g/mol. The second-order valence-corrected chi connectivity index (χ2v) is 5.55. The molecule has 18 heavy (non-hydrogen) atoms. The molecule has 0 aliphatic heterocycles. The normalized spacial score (nSPS) is 14.8. The molecule has 1 aliphatic rings. The van der Waals surface area contributed by atoms with Crippen LogP contribution in [0.4, 0.5) is 0 Å². The summed E-state index contributed by atoms with van der Waals surface area (Å²) in [6.07, 6.45) is 4.77. The van der Waals surface area contributed by atoms with E-state index in [-0.39, 0.29) is 0 Å². The molecule has 0 amide bonds. The third-order valence-electron chi connectivity index (χ3n) is 2.91. The first-order chi connectivity index (χ1) is 8.74. The summed E-state index contributed by atoms with van der Waals surface area (Å²) in [7, 11) is 0. The fraction of sp³-hybridized carbons (Fsp3) is 0.308. The Morgan fingerprint density at radius 1 is 1.28 bits per heavy atom. The van der Waals surface area contributed by atoms with Crippen LogP contribution in [0.2, 0.25) is 5.15 Å². The first-order valence-corrected chi connectivity index (χ1v) is 7.03. The monoisotopic (exact) mass is 323 g/mol. The van der Waals surface area contributed by atoms with Crippen molar-refractivity contribution in [1.29, 1.82) is 0 Å². The fourth-order valence-electron chi connectivity index (χ4n) is 1.85. The minimum Gasteiger partial charge on any atom is -0.261 e. The van der Waals surface area contributed by atoms with Crippen LogP contribution in [0.25, 0.3) is 0 Å². The van der Waals surface area contributed by atoms with E-state index in [9.17, 15) is 0 Å². The standard InChI is InChI=1S/C13H11BrClN3/c14-11-12(8-4-5-8)17-10(18-13(11)15)7-9-3-1-2-6-16-9/h1-3,6,8H,4-5,7H2. The predicted molar refractivity (Wildman–Crippen MR) is 73.8 cm³/mol. The maximum absolute atomic E-state index is 6.14. The van der Waals surface area contributed by atoms with Gasteiger partial charge in [-0.25, -0.2) is 9.97 Å². The zero-order valence-electron chi connectivity index (χ0n) is 9.61. The number of aromatic nitrogens is 3. The Balaban J connectivity index is 1.93. The molecule has 0 N–H and O–H groups in total. The van der Waals surface area contributed by atoms with Crippen LogP contribution in [0.15, 0.2) is 28.9 Å². The summed E-state index contributed by atoms with van der Waals surface area (Å²) in [5.41, 5.74) is 2.00. The number of halogens is 2. The molecular formula is C13H11BrClN3. The maximum atomic E-state index is 6.14. The van der Waals surface area contributed by atoms with Crippen molar-refractivity contribution in [3.63, 3.8) is 0 Å². The van der Waals surface area contributed by atoms with Crippen LogP contribution >= 0.6 is 27.5 Å². The van der Waals surface area contributed by atoms with Gasteiger partial charge in [-0.2, -0.15) is 0 Å². The van der Waals surface area contributed by atoms with Gasteiger partial charge in [0.15, 0.2) is 0 Å². The lowest BCUT2D eigenvalue weighted by molar-refractivity contribution is 0.875. The van der Waals surface area contributed by atoms with Gasteiger partial charge in [0, 0.05) is 17.8 Å². The summed E-state index contributed by atoms with van der Waals surface area (Å²) in [4.78, 5) is 13.2. The van der Waals surface area contributed by atoms with Crippen molar-refractivity contribution in [3.05, 3.63) is 51.2 Å². The van der Waals surface area contributed by atoms with E-state index >= 15 is 0 Å². The van der Waals surface area contributed by atoms with Crippen molar-refractivity contribution in [2.45, 2.75) is 25.2 Å². The molecule has 2 aromatic rings. The highest BCUT2D eigenvalue weighted by atomic mass is 79.9. The van der Waals surface area contributed by atoms with E-state index in [0.29, 0.717) is 17.5 Å². The van der Waals surface area contributed by atoms with Gasteiger partial charge in [-0.15, -0.1) is 0 Å². The third-order valence-corrected chi connectivity index (χ3v) is 4.20. The van der Waals surface area contributed by atoms with Gasteiger partial charge in [0.2, 0.25) is 0 Å². The van der Waals surface area contributed by atoms with Gasteiger partial charge in [-0.1, -0.05) is 17.7 Å². The van der Waals surface area contributed by atoms with Crippen LogP contribution in [-0.2, 0) is 6.42 Å². The minimum atomic E-state index is 0.498. The van der Waals surface area contributed by atoms with Crippen molar-refractivity contribution in [3.8, 4) is 0 Å². The molecule has 92 valence electrons. The van der Waals surface area contributed by atoms with Crippen molar-refractivity contribution in [2.24, 2.45) is 0 Å². The molecule has 1 aliphatic carbocycles. The molecule has 0 spiro atoms. The Morgan fingerprint density at radius 3 is 2.78 bits per heavy atom. The van der Waals surface area contributed by atoms with Crippen LogP contribution in [0, 0.1) is 0 Å². The lowest BCUT2D eigenvalue weighted by Gasteiger charge is -2.07. The lowest BCUT2D eigenvalue weighted by atomic mass is 10.2. The molecule has 1 fully saturated rings.